The molecule has 8 heteroatoms. The van der Waals surface area contributed by atoms with Gasteiger partial charge in [0.25, 0.3) is 11.6 Å². The summed E-state index contributed by atoms with van der Waals surface area (Å²) >= 11 is 0. The van der Waals surface area contributed by atoms with Crippen molar-refractivity contribution in [3.05, 3.63) is 57.8 Å². The number of rotatable bonds is 6. The monoisotopic (exact) mass is 316 g/mol. The number of nitrogen functional groups attached to an aromatic ring is 1. The standard InChI is InChI=1S/C15H16N4O4/c1-2-23-15-11(4-3-7-17-15)9-18-14(20)10-5-6-12(16)13(8-10)19(21)22/h3-8H,2,9,16H2,1H3,(H,18,20). The summed E-state index contributed by atoms with van der Waals surface area (Å²) in [5, 5.41) is 13.5. The molecule has 1 amide bonds. The van der Waals surface area contributed by atoms with Crippen LogP contribution in [0.2, 0.25) is 0 Å². The summed E-state index contributed by atoms with van der Waals surface area (Å²) < 4.78 is 5.37. The Kier molecular flexibility index (Phi) is 5.08. The zero-order valence-corrected chi connectivity index (χ0v) is 12.5. The van der Waals surface area contributed by atoms with E-state index in [9.17, 15) is 14.9 Å². The molecule has 1 aromatic heterocycles. The maximum absolute atomic E-state index is 12.1. The molecule has 0 saturated carbocycles. The van der Waals surface area contributed by atoms with Crippen molar-refractivity contribution in [3.63, 3.8) is 0 Å². The van der Waals surface area contributed by atoms with Gasteiger partial charge in [0.15, 0.2) is 0 Å². The Morgan fingerprint density at radius 1 is 1.43 bits per heavy atom. The summed E-state index contributed by atoms with van der Waals surface area (Å²) in [6.07, 6.45) is 1.60. The maximum atomic E-state index is 12.1. The normalized spacial score (nSPS) is 10.1. The van der Waals surface area contributed by atoms with Crippen molar-refractivity contribution in [2.75, 3.05) is 12.3 Å². The lowest BCUT2D eigenvalue weighted by Gasteiger charge is -2.10. The number of nitrogens with zero attached hydrogens (tertiary/aromatic N) is 2. The van der Waals surface area contributed by atoms with E-state index in [4.69, 9.17) is 10.5 Å². The molecule has 1 aromatic carbocycles. The summed E-state index contributed by atoms with van der Waals surface area (Å²) in [7, 11) is 0. The van der Waals surface area contributed by atoms with Gasteiger partial charge in [-0.1, -0.05) is 6.07 Å². The number of amides is 1. The van der Waals surface area contributed by atoms with Crippen LogP contribution in [-0.2, 0) is 6.54 Å². The van der Waals surface area contributed by atoms with Gasteiger partial charge < -0.3 is 15.8 Å². The molecule has 3 N–H and O–H groups in total. The molecule has 1 heterocycles. The minimum absolute atomic E-state index is 0.0115. The van der Waals surface area contributed by atoms with Crippen LogP contribution in [0.1, 0.15) is 22.8 Å². The summed E-state index contributed by atoms with van der Waals surface area (Å²) in [4.78, 5) is 26.5. The second-order valence-corrected chi connectivity index (χ2v) is 4.61. The fourth-order valence-electron chi connectivity index (χ4n) is 1.95. The number of carbonyl (C=O) groups is 1. The quantitative estimate of drug-likeness (QED) is 0.477. The van der Waals surface area contributed by atoms with E-state index in [1.807, 2.05) is 6.92 Å². The first-order valence-electron chi connectivity index (χ1n) is 6.91. The first kappa shape index (κ1) is 16.2. The second kappa shape index (κ2) is 7.21. The highest BCUT2D eigenvalue weighted by atomic mass is 16.6. The molecule has 0 radical (unpaired) electrons. The molecule has 23 heavy (non-hydrogen) atoms. The van der Waals surface area contributed by atoms with E-state index in [-0.39, 0.29) is 23.5 Å². The number of hydrogen-bond acceptors (Lipinski definition) is 6. The van der Waals surface area contributed by atoms with Gasteiger partial charge in [-0.25, -0.2) is 4.98 Å². The lowest BCUT2D eigenvalue weighted by Crippen LogP contribution is -2.23. The van der Waals surface area contributed by atoms with Crippen LogP contribution in [0.15, 0.2) is 36.5 Å². The Morgan fingerprint density at radius 2 is 2.22 bits per heavy atom. The molecule has 0 atom stereocenters. The Balaban J connectivity index is 2.11. The van der Waals surface area contributed by atoms with Crippen LogP contribution in [0.5, 0.6) is 5.88 Å². The average molecular weight is 316 g/mol. The highest BCUT2D eigenvalue weighted by molar-refractivity contribution is 5.95. The van der Waals surface area contributed by atoms with Crippen molar-refractivity contribution >= 4 is 17.3 Å². The molecule has 2 aromatic rings. The van der Waals surface area contributed by atoms with Crippen LogP contribution in [0.25, 0.3) is 0 Å². The Hall–Kier alpha value is -3.16. The lowest BCUT2D eigenvalue weighted by atomic mass is 10.1. The van der Waals surface area contributed by atoms with Crippen molar-refractivity contribution < 1.29 is 14.5 Å². The Labute approximate surface area is 132 Å². The highest BCUT2D eigenvalue weighted by Gasteiger charge is 2.16. The first-order valence-corrected chi connectivity index (χ1v) is 6.91. The number of pyridine rings is 1. The van der Waals surface area contributed by atoms with E-state index < -0.39 is 10.8 Å². The van der Waals surface area contributed by atoms with Gasteiger partial charge >= 0.3 is 0 Å². The van der Waals surface area contributed by atoms with Crippen LogP contribution in [0.3, 0.4) is 0 Å². The fourth-order valence-corrected chi connectivity index (χ4v) is 1.95. The van der Waals surface area contributed by atoms with Crippen molar-refractivity contribution in [3.8, 4) is 5.88 Å². The number of nitro benzene ring substituents is 1. The van der Waals surface area contributed by atoms with Gasteiger partial charge in [-0.3, -0.25) is 14.9 Å². The summed E-state index contributed by atoms with van der Waals surface area (Å²) in [6.45, 7) is 2.49. The average Bonchev–Trinajstić information content (AvgIpc) is 2.54. The van der Waals surface area contributed by atoms with Gasteiger partial charge in [0, 0.05) is 29.9 Å². The van der Waals surface area contributed by atoms with Gasteiger partial charge in [0.2, 0.25) is 5.88 Å². The smallest absolute Gasteiger partial charge is 0.292 e. The molecule has 0 aliphatic rings. The third kappa shape index (κ3) is 3.94. The Morgan fingerprint density at radius 3 is 2.91 bits per heavy atom. The van der Waals surface area contributed by atoms with Crippen molar-refractivity contribution in [1.29, 1.82) is 0 Å². The molecule has 0 fully saturated rings. The number of nitrogens with one attached hydrogen (secondary N) is 1. The zero-order valence-electron chi connectivity index (χ0n) is 12.5. The molecule has 120 valence electrons. The summed E-state index contributed by atoms with van der Waals surface area (Å²) in [6, 6.07) is 7.44. The number of nitrogens with two attached hydrogens (primary N) is 1. The predicted octanol–water partition coefficient (Wildman–Crippen LogP) is 1.90. The van der Waals surface area contributed by atoms with Gasteiger partial charge in [0.1, 0.15) is 5.69 Å². The zero-order chi connectivity index (χ0) is 16.8. The van der Waals surface area contributed by atoms with Crippen molar-refractivity contribution in [1.82, 2.24) is 10.3 Å². The van der Waals surface area contributed by atoms with E-state index in [0.29, 0.717) is 18.1 Å². The number of benzene rings is 1. The third-order valence-electron chi connectivity index (χ3n) is 3.06. The van der Waals surface area contributed by atoms with E-state index in [2.05, 4.69) is 10.3 Å². The number of hydrogen-bond donors (Lipinski definition) is 2. The minimum Gasteiger partial charge on any atom is -0.478 e. The van der Waals surface area contributed by atoms with E-state index >= 15 is 0 Å². The van der Waals surface area contributed by atoms with Crippen molar-refractivity contribution in [2.45, 2.75) is 13.5 Å². The van der Waals surface area contributed by atoms with Crippen LogP contribution in [-0.4, -0.2) is 22.4 Å². The first-order chi connectivity index (χ1) is 11.0. The molecule has 2 rings (SSSR count). The molecule has 0 spiro atoms. The predicted molar refractivity (Wildman–Crippen MR) is 84.1 cm³/mol. The second-order valence-electron chi connectivity index (χ2n) is 4.61. The maximum Gasteiger partial charge on any atom is 0.292 e. The van der Waals surface area contributed by atoms with E-state index in [1.54, 1.807) is 18.3 Å². The number of carbonyl (C=O) groups excluding carboxylic acids is 1. The van der Waals surface area contributed by atoms with Crippen LogP contribution >= 0.6 is 0 Å². The Bertz CT molecular complexity index is 733. The summed E-state index contributed by atoms with van der Waals surface area (Å²) in [5.41, 5.74) is 6.10. The molecule has 0 bridgehead atoms. The molecule has 8 nitrogen and oxygen atoms in total. The summed E-state index contributed by atoms with van der Waals surface area (Å²) in [5.74, 6) is -0.00186. The van der Waals surface area contributed by atoms with E-state index in [1.165, 1.54) is 12.1 Å². The van der Waals surface area contributed by atoms with Crippen LogP contribution in [0.4, 0.5) is 11.4 Å². The minimum atomic E-state index is -0.625. The number of nitro groups is 1. The van der Waals surface area contributed by atoms with Gasteiger partial charge in [-0.05, 0) is 25.1 Å². The number of ether oxygens (including phenoxy) is 1. The molecule has 0 aliphatic carbocycles. The molecular weight excluding hydrogens is 300 g/mol. The molecule has 0 aliphatic heterocycles. The molecule has 0 unspecified atom stereocenters. The number of anilines is 1. The topological polar surface area (TPSA) is 120 Å². The largest absolute Gasteiger partial charge is 0.478 e. The fraction of sp³-hybridized carbons (Fsp3) is 0.200. The van der Waals surface area contributed by atoms with Crippen LogP contribution < -0.4 is 15.8 Å². The lowest BCUT2D eigenvalue weighted by molar-refractivity contribution is -0.383. The third-order valence-corrected chi connectivity index (χ3v) is 3.06. The van der Waals surface area contributed by atoms with Crippen LogP contribution in [0, 0.1) is 10.1 Å². The van der Waals surface area contributed by atoms with E-state index in [0.717, 1.165) is 6.07 Å². The highest BCUT2D eigenvalue weighted by Crippen LogP contribution is 2.22. The molecule has 0 saturated heterocycles. The molecular formula is C15H16N4O4. The van der Waals surface area contributed by atoms with Gasteiger partial charge in [-0.2, -0.15) is 0 Å². The van der Waals surface area contributed by atoms with Gasteiger partial charge in [0.05, 0.1) is 11.5 Å². The van der Waals surface area contributed by atoms with Gasteiger partial charge in [-0.15, -0.1) is 0 Å². The van der Waals surface area contributed by atoms with Crippen molar-refractivity contribution in [2.24, 2.45) is 0 Å². The SMILES string of the molecule is CCOc1ncccc1CNC(=O)c1ccc(N)c([N+](=O)[O-])c1. The number of aromatic nitrogens is 1.